The van der Waals surface area contributed by atoms with Gasteiger partial charge in [0.15, 0.2) is 0 Å². The molecular formula is C11H16O4S4. The minimum absolute atomic E-state index is 0.225. The number of ether oxygens (including phenoxy) is 2. The smallest absolute Gasteiger partial charge is 0.314 e. The van der Waals surface area contributed by atoms with Crippen LogP contribution in [0.15, 0.2) is 12.5 Å². The van der Waals surface area contributed by atoms with Gasteiger partial charge in [-0.2, -0.15) is 0 Å². The lowest BCUT2D eigenvalue weighted by Crippen LogP contribution is -2.10. The van der Waals surface area contributed by atoms with Crippen molar-refractivity contribution in [2.45, 2.75) is 12.8 Å². The summed E-state index contributed by atoms with van der Waals surface area (Å²) >= 11 is 0. The van der Waals surface area contributed by atoms with Crippen LogP contribution in [0.3, 0.4) is 0 Å². The highest BCUT2D eigenvalue weighted by Gasteiger charge is 2.12. The van der Waals surface area contributed by atoms with Crippen molar-refractivity contribution in [3.8, 4) is 0 Å². The SMILES string of the molecule is C=C1OC(=O)CCSSCCC(=O)O1.CS1=C=S1C. The number of cyclic esters (lactones) is 2. The summed E-state index contributed by atoms with van der Waals surface area (Å²) in [6.45, 7) is 3.32. The second kappa shape index (κ2) is 8.92. The van der Waals surface area contributed by atoms with E-state index in [1.807, 2.05) is 0 Å². The van der Waals surface area contributed by atoms with Crippen LogP contribution < -0.4 is 0 Å². The van der Waals surface area contributed by atoms with Gasteiger partial charge in [0.2, 0.25) is 0 Å². The molecule has 2 atom stereocenters. The summed E-state index contributed by atoms with van der Waals surface area (Å²) in [5, 5.41) is 0. The number of esters is 2. The maximum atomic E-state index is 11.0. The Labute approximate surface area is 125 Å². The third-order valence-corrected chi connectivity index (χ3v) is 8.98. The molecule has 0 radical (unpaired) electrons. The molecule has 0 aromatic carbocycles. The minimum Gasteiger partial charge on any atom is -0.393 e. The molecule has 19 heavy (non-hydrogen) atoms. The number of carbonyl (C=O) groups excluding carboxylic acids is 2. The van der Waals surface area contributed by atoms with E-state index in [2.05, 4.69) is 32.9 Å². The van der Waals surface area contributed by atoms with Gasteiger partial charge in [-0.25, -0.2) is 0 Å². The summed E-state index contributed by atoms with van der Waals surface area (Å²) in [4.78, 5) is 22.1. The first-order valence-electron chi connectivity index (χ1n) is 5.42. The highest BCUT2D eigenvalue weighted by Crippen LogP contribution is 2.41. The summed E-state index contributed by atoms with van der Waals surface area (Å²) in [6.07, 6.45) is 5.05. The molecule has 1 fully saturated rings. The monoisotopic (exact) mass is 340 g/mol. The molecule has 0 aromatic rings. The number of rotatable bonds is 0. The van der Waals surface area contributed by atoms with Crippen molar-refractivity contribution in [3.63, 3.8) is 0 Å². The molecular weight excluding hydrogens is 324 g/mol. The summed E-state index contributed by atoms with van der Waals surface area (Å²) in [6, 6.07) is 0. The normalized spacial score (nSPS) is 27.4. The number of hydrogen-bond donors (Lipinski definition) is 0. The zero-order valence-electron chi connectivity index (χ0n) is 10.8. The first kappa shape index (κ1) is 16.9. The van der Waals surface area contributed by atoms with Gasteiger partial charge in [-0.3, -0.25) is 9.59 Å². The van der Waals surface area contributed by atoms with Gasteiger partial charge in [-0.1, -0.05) is 40.6 Å². The molecule has 1 saturated heterocycles. The summed E-state index contributed by atoms with van der Waals surface area (Å²) < 4.78 is 12.6. The Balaban J connectivity index is 0.000000300. The third kappa shape index (κ3) is 8.60. The second-order valence-corrected chi connectivity index (χ2v) is 11.6. The zero-order valence-corrected chi connectivity index (χ0v) is 14.1. The second-order valence-electron chi connectivity index (χ2n) is 3.46. The van der Waals surface area contributed by atoms with Crippen LogP contribution in [0.25, 0.3) is 0 Å². The Morgan fingerprint density at radius 1 is 1.05 bits per heavy atom. The lowest BCUT2D eigenvalue weighted by molar-refractivity contribution is -0.153. The van der Waals surface area contributed by atoms with Crippen LogP contribution in [0.4, 0.5) is 0 Å². The van der Waals surface area contributed by atoms with Gasteiger partial charge in [0, 0.05) is 11.5 Å². The highest BCUT2D eigenvalue weighted by atomic mass is 33.2. The fourth-order valence-corrected chi connectivity index (χ4v) is 5.27. The minimum atomic E-state index is -0.419. The molecule has 0 amide bonds. The molecule has 2 heterocycles. The summed E-state index contributed by atoms with van der Waals surface area (Å²) in [5.41, 5.74) is 0. The first-order chi connectivity index (χ1) is 8.99. The van der Waals surface area contributed by atoms with Crippen LogP contribution in [-0.2, 0) is 19.1 Å². The van der Waals surface area contributed by atoms with Crippen LogP contribution in [0.5, 0.6) is 0 Å². The summed E-state index contributed by atoms with van der Waals surface area (Å²) in [7, 11) is 4.34. The number of carbonyl (C=O) groups is 2. The molecule has 0 aliphatic carbocycles. The molecule has 8 heteroatoms. The van der Waals surface area contributed by atoms with Gasteiger partial charge >= 0.3 is 11.9 Å². The molecule has 0 bridgehead atoms. The Hall–Kier alpha value is -0.140. The first-order valence-corrected chi connectivity index (χ1v) is 11.7. The van der Waals surface area contributed by atoms with Crippen molar-refractivity contribution in [2.75, 3.05) is 24.0 Å². The van der Waals surface area contributed by atoms with Gasteiger partial charge in [-0.15, -0.1) is 0 Å². The van der Waals surface area contributed by atoms with Crippen LogP contribution in [0, 0.1) is 0 Å². The molecule has 108 valence electrons. The van der Waals surface area contributed by atoms with Gasteiger partial charge in [-0.05, 0) is 23.4 Å². The van der Waals surface area contributed by atoms with Crippen molar-refractivity contribution in [1.82, 2.24) is 0 Å². The largest absolute Gasteiger partial charge is 0.393 e. The Morgan fingerprint density at radius 3 is 1.74 bits per heavy atom. The van der Waals surface area contributed by atoms with Crippen molar-refractivity contribution in [1.29, 1.82) is 0 Å². The lowest BCUT2D eigenvalue weighted by Gasteiger charge is -2.05. The van der Waals surface area contributed by atoms with E-state index in [0.29, 0.717) is 43.4 Å². The number of hydrogen-bond acceptors (Lipinski definition) is 6. The molecule has 2 aliphatic heterocycles. The predicted octanol–water partition coefficient (Wildman–Crippen LogP) is 3.07. The average Bonchev–Trinajstić information content (AvgIpc) is 2.97. The van der Waals surface area contributed by atoms with Gasteiger partial charge < -0.3 is 9.47 Å². The Bertz CT molecular complexity index is 416. The Morgan fingerprint density at radius 2 is 1.42 bits per heavy atom. The topological polar surface area (TPSA) is 52.6 Å². The van der Waals surface area contributed by atoms with E-state index >= 15 is 0 Å². The predicted molar refractivity (Wildman–Crippen MR) is 87.5 cm³/mol. The van der Waals surface area contributed by atoms with E-state index in [-0.39, 0.29) is 5.95 Å². The maximum absolute atomic E-state index is 11.0. The van der Waals surface area contributed by atoms with Gasteiger partial charge in [0.05, 0.1) is 12.8 Å². The zero-order chi connectivity index (χ0) is 14.3. The molecule has 0 N–H and O–H groups in total. The average molecular weight is 341 g/mol. The fraction of sp³-hybridized carbons (Fsp3) is 0.545. The van der Waals surface area contributed by atoms with Crippen LogP contribution in [0.2, 0.25) is 0 Å². The van der Waals surface area contributed by atoms with Gasteiger partial charge in [0.1, 0.15) is 0 Å². The van der Waals surface area contributed by atoms with Crippen molar-refractivity contribution in [3.05, 3.63) is 12.5 Å². The van der Waals surface area contributed by atoms with E-state index in [4.69, 9.17) is 0 Å². The van der Waals surface area contributed by atoms with Crippen molar-refractivity contribution in [2.24, 2.45) is 0 Å². The molecule has 0 aromatic heterocycles. The molecule has 0 saturated carbocycles. The standard InChI is InChI=1S/C8H10O4S2.C3H6S2/c1-6-11-7(9)2-4-13-14-5-3-8(10)12-6;1-4-3-5(4)2/h1-5H2;1-2H3. The lowest BCUT2D eigenvalue weighted by atomic mass is 10.5. The maximum Gasteiger partial charge on any atom is 0.314 e. The van der Waals surface area contributed by atoms with Crippen LogP contribution in [-0.4, -0.2) is 40.3 Å². The third-order valence-electron chi connectivity index (χ3n) is 1.90. The fourth-order valence-electron chi connectivity index (χ4n) is 0.896. The highest BCUT2D eigenvalue weighted by molar-refractivity contribution is 9.00. The van der Waals surface area contributed by atoms with Crippen molar-refractivity contribution < 1.29 is 19.1 Å². The molecule has 2 aliphatic rings. The van der Waals surface area contributed by atoms with Gasteiger partial charge in [0.25, 0.3) is 5.95 Å². The molecule has 2 unspecified atom stereocenters. The van der Waals surface area contributed by atoms with E-state index in [1.165, 1.54) is 0 Å². The Kier molecular flexibility index (Phi) is 7.94. The summed E-state index contributed by atoms with van der Waals surface area (Å²) in [5.74, 6) is 0.281. The molecule has 0 spiro atoms. The van der Waals surface area contributed by atoms with Crippen molar-refractivity contribution >= 4 is 56.9 Å². The van der Waals surface area contributed by atoms with E-state index in [9.17, 15) is 9.59 Å². The van der Waals surface area contributed by atoms with Crippen LogP contribution in [0.1, 0.15) is 12.8 Å². The quantitative estimate of drug-likeness (QED) is 0.384. The molecule has 4 nitrogen and oxygen atoms in total. The van der Waals surface area contributed by atoms with Crippen LogP contribution >= 0.6 is 40.6 Å². The van der Waals surface area contributed by atoms with E-state index in [0.717, 1.165) is 0 Å². The molecule has 2 rings (SSSR count). The van der Waals surface area contributed by atoms with E-state index in [1.54, 1.807) is 21.6 Å². The van der Waals surface area contributed by atoms with E-state index < -0.39 is 11.9 Å².